The Labute approximate surface area is 171 Å². The lowest BCUT2D eigenvalue weighted by molar-refractivity contribution is 0.0746. The number of carbonyl (C=O) groups excluding carboxylic acids is 1. The van der Waals surface area contributed by atoms with Crippen molar-refractivity contribution in [3.8, 4) is 0 Å². The number of morpholine rings is 1. The predicted molar refractivity (Wildman–Crippen MR) is 114 cm³/mol. The number of anilines is 2. The molecule has 0 N–H and O–H groups in total. The van der Waals surface area contributed by atoms with Gasteiger partial charge in [-0.25, -0.2) is 0 Å². The van der Waals surface area contributed by atoms with Crippen LogP contribution in [0.3, 0.4) is 0 Å². The van der Waals surface area contributed by atoms with Gasteiger partial charge in [0.05, 0.1) is 13.2 Å². The van der Waals surface area contributed by atoms with Gasteiger partial charge < -0.3 is 19.4 Å². The van der Waals surface area contributed by atoms with Crippen LogP contribution in [0.2, 0.25) is 5.02 Å². The summed E-state index contributed by atoms with van der Waals surface area (Å²) < 4.78 is 5.40. The molecule has 28 heavy (non-hydrogen) atoms. The highest BCUT2D eigenvalue weighted by molar-refractivity contribution is 6.30. The molecule has 0 bridgehead atoms. The van der Waals surface area contributed by atoms with Gasteiger partial charge in [0.15, 0.2) is 0 Å². The first-order valence-corrected chi connectivity index (χ1v) is 10.2. The van der Waals surface area contributed by atoms with E-state index in [0.717, 1.165) is 74.4 Å². The molecule has 2 aromatic rings. The number of aryl methyl sites for hydroxylation is 1. The Bertz CT molecular complexity index is 826. The van der Waals surface area contributed by atoms with Gasteiger partial charge in [-0.05, 0) is 48.9 Å². The molecular formula is C22H26ClN3O2. The number of hydrogen-bond acceptors (Lipinski definition) is 4. The van der Waals surface area contributed by atoms with Crippen molar-refractivity contribution in [3.63, 3.8) is 0 Å². The molecule has 5 nitrogen and oxygen atoms in total. The number of ether oxygens (including phenoxy) is 1. The van der Waals surface area contributed by atoms with Crippen molar-refractivity contribution < 1.29 is 9.53 Å². The molecule has 0 aromatic heterocycles. The summed E-state index contributed by atoms with van der Waals surface area (Å²) in [6.07, 6.45) is 0. The van der Waals surface area contributed by atoms with Gasteiger partial charge >= 0.3 is 0 Å². The van der Waals surface area contributed by atoms with E-state index in [2.05, 4.69) is 16.7 Å². The Morgan fingerprint density at radius 1 is 0.893 bits per heavy atom. The standard InChI is InChI=1S/C22H26ClN3O2/c1-17-2-5-19(23)16-21(17)25-8-10-26(11-9-25)22(27)18-3-6-20(7-4-18)24-12-14-28-15-13-24/h2-7,16H,8-15H2,1H3. The van der Waals surface area contributed by atoms with E-state index in [-0.39, 0.29) is 5.91 Å². The minimum absolute atomic E-state index is 0.107. The molecule has 0 atom stereocenters. The Hall–Kier alpha value is -2.24. The lowest BCUT2D eigenvalue weighted by Crippen LogP contribution is -2.49. The maximum Gasteiger partial charge on any atom is 0.253 e. The highest BCUT2D eigenvalue weighted by atomic mass is 35.5. The average Bonchev–Trinajstić information content (AvgIpc) is 2.76. The third-order valence-electron chi connectivity index (χ3n) is 5.57. The molecule has 2 fully saturated rings. The summed E-state index contributed by atoms with van der Waals surface area (Å²) in [4.78, 5) is 19.5. The average molecular weight is 400 g/mol. The van der Waals surface area contributed by atoms with Crippen LogP contribution in [0.25, 0.3) is 0 Å². The molecule has 0 saturated carbocycles. The maximum atomic E-state index is 12.9. The van der Waals surface area contributed by atoms with Crippen LogP contribution in [0.5, 0.6) is 0 Å². The number of amides is 1. The fraction of sp³-hybridized carbons (Fsp3) is 0.409. The summed E-state index contributed by atoms with van der Waals surface area (Å²) >= 11 is 6.16. The van der Waals surface area contributed by atoms with E-state index in [1.165, 1.54) is 5.56 Å². The van der Waals surface area contributed by atoms with Crippen LogP contribution in [0, 0.1) is 6.92 Å². The van der Waals surface area contributed by atoms with Crippen LogP contribution >= 0.6 is 11.6 Å². The maximum absolute atomic E-state index is 12.9. The van der Waals surface area contributed by atoms with Crippen LogP contribution in [-0.4, -0.2) is 63.3 Å². The number of carbonyl (C=O) groups is 1. The summed E-state index contributed by atoms with van der Waals surface area (Å²) in [5.74, 6) is 0.107. The lowest BCUT2D eigenvalue weighted by atomic mass is 10.1. The Kier molecular flexibility index (Phi) is 5.74. The quantitative estimate of drug-likeness (QED) is 0.792. The van der Waals surface area contributed by atoms with Gasteiger partial charge in [-0.15, -0.1) is 0 Å². The largest absolute Gasteiger partial charge is 0.378 e. The summed E-state index contributed by atoms with van der Waals surface area (Å²) in [7, 11) is 0. The van der Waals surface area contributed by atoms with Gasteiger partial charge in [0.1, 0.15) is 0 Å². The zero-order valence-corrected chi connectivity index (χ0v) is 17.0. The molecule has 148 valence electrons. The first kappa shape index (κ1) is 19.1. The van der Waals surface area contributed by atoms with Gasteiger partial charge in [-0.3, -0.25) is 4.79 Å². The van der Waals surface area contributed by atoms with Crippen LogP contribution < -0.4 is 9.80 Å². The smallest absolute Gasteiger partial charge is 0.253 e. The number of benzene rings is 2. The van der Waals surface area contributed by atoms with E-state index in [0.29, 0.717) is 0 Å². The highest BCUT2D eigenvalue weighted by Gasteiger charge is 2.23. The van der Waals surface area contributed by atoms with Gasteiger partial charge in [0.25, 0.3) is 5.91 Å². The SMILES string of the molecule is Cc1ccc(Cl)cc1N1CCN(C(=O)c2ccc(N3CCOCC3)cc2)CC1. The Balaban J connectivity index is 1.38. The number of nitrogens with zero attached hydrogens (tertiary/aromatic N) is 3. The van der Waals surface area contributed by atoms with E-state index >= 15 is 0 Å². The highest BCUT2D eigenvalue weighted by Crippen LogP contribution is 2.26. The van der Waals surface area contributed by atoms with Gasteiger partial charge in [-0.1, -0.05) is 17.7 Å². The molecule has 2 aromatic carbocycles. The molecule has 0 unspecified atom stereocenters. The van der Waals surface area contributed by atoms with E-state index in [1.54, 1.807) is 0 Å². The van der Waals surface area contributed by atoms with E-state index in [1.807, 2.05) is 47.4 Å². The van der Waals surface area contributed by atoms with Crippen molar-refractivity contribution in [1.82, 2.24) is 4.90 Å². The second-order valence-corrected chi connectivity index (χ2v) is 7.79. The topological polar surface area (TPSA) is 36.0 Å². The van der Waals surface area contributed by atoms with Crippen molar-refractivity contribution in [1.29, 1.82) is 0 Å². The van der Waals surface area contributed by atoms with Crippen LogP contribution in [0.1, 0.15) is 15.9 Å². The zero-order valence-electron chi connectivity index (χ0n) is 16.2. The second-order valence-electron chi connectivity index (χ2n) is 7.36. The van der Waals surface area contributed by atoms with Gasteiger partial charge in [0.2, 0.25) is 0 Å². The van der Waals surface area contributed by atoms with Gasteiger partial charge in [-0.2, -0.15) is 0 Å². The number of hydrogen-bond donors (Lipinski definition) is 0. The first-order valence-electron chi connectivity index (χ1n) is 9.85. The molecule has 1 amide bonds. The minimum atomic E-state index is 0.107. The summed E-state index contributed by atoms with van der Waals surface area (Å²) in [5.41, 5.74) is 4.28. The molecule has 0 spiro atoms. The van der Waals surface area contributed by atoms with Gasteiger partial charge in [0, 0.05) is 61.2 Å². The molecule has 6 heteroatoms. The van der Waals surface area contributed by atoms with Crippen LogP contribution in [-0.2, 0) is 4.74 Å². The summed E-state index contributed by atoms with van der Waals surface area (Å²) in [6, 6.07) is 14.0. The number of piperazine rings is 1. The molecule has 0 aliphatic carbocycles. The fourth-order valence-electron chi connectivity index (χ4n) is 3.89. The second kappa shape index (κ2) is 8.41. The molecule has 2 heterocycles. The number of rotatable bonds is 3. The third-order valence-corrected chi connectivity index (χ3v) is 5.80. The van der Waals surface area contributed by atoms with E-state index in [9.17, 15) is 4.79 Å². The minimum Gasteiger partial charge on any atom is -0.378 e. The van der Waals surface area contributed by atoms with Crippen LogP contribution in [0.4, 0.5) is 11.4 Å². The van der Waals surface area contributed by atoms with Crippen molar-refractivity contribution >= 4 is 28.9 Å². The van der Waals surface area contributed by atoms with Crippen molar-refractivity contribution in [3.05, 3.63) is 58.6 Å². The van der Waals surface area contributed by atoms with Crippen molar-refractivity contribution in [2.24, 2.45) is 0 Å². The lowest BCUT2D eigenvalue weighted by Gasteiger charge is -2.37. The monoisotopic (exact) mass is 399 g/mol. The Morgan fingerprint density at radius 2 is 1.57 bits per heavy atom. The van der Waals surface area contributed by atoms with E-state index < -0.39 is 0 Å². The van der Waals surface area contributed by atoms with E-state index in [4.69, 9.17) is 16.3 Å². The number of halogens is 1. The Morgan fingerprint density at radius 3 is 2.25 bits per heavy atom. The van der Waals surface area contributed by atoms with Crippen molar-refractivity contribution in [2.45, 2.75) is 6.92 Å². The molecule has 2 saturated heterocycles. The fourth-order valence-corrected chi connectivity index (χ4v) is 4.06. The third kappa shape index (κ3) is 4.10. The van der Waals surface area contributed by atoms with Crippen molar-refractivity contribution in [2.75, 3.05) is 62.3 Å². The molecule has 2 aliphatic heterocycles. The summed E-state index contributed by atoms with van der Waals surface area (Å²) in [6.45, 7) is 8.49. The zero-order chi connectivity index (χ0) is 19.5. The first-order chi connectivity index (χ1) is 13.6. The molecule has 2 aliphatic rings. The molecular weight excluding hydrogens is 374 g/mol. The molecule has 0 radical (unpaired) electrons. The normalized spacial score (nSPS) is 17.7. The predicted octanol–water partition coefficient (Wildman–Crippen LogP) is 3.45. The molecule has 4 rings (SSSR count). The summed E-state index contributed by atoms with van der Waals surface area (Å²) in [5, 5.41) is 0.750. The van der Waals surface area contributed by atoms with Crippen LogP contribution in [0.15, 0.2) is 42.5 Å².